The van der Waals surface area contributed by atoms with Crippen LogP contribution in [0.2, 0.25) is 0 Å². The predicted octanol–water partition coefficient (Wildman–Crippen LogP) is 6.42. The van der Waals surface area contributed by atoms with Gasteiger partial charge in [-0.25, -0.2) is 0 Å². The molecule has 0 aromatic rings. The number of nitrogens with one attached hydrogen (secondary N) is 1. The van der Waals surface area contributed by atoms with Crippen LogP contribution in [-0.4, -0.2) is 28.9 Å². The minimum Gasteiger partial charge on any atom is -0.345 e. The third kappa shape index (κ3) is 3.82. The number of nitriles is 1. The summed E-state index contributed by atoms with van der Waals surface area (Å²) in [6, 6.07) is 2.25. The minimum absolute atomic E-state index is 0.0192. The van der Waals surface area contributed by atoms with Crippen molar-refractivity contribution in [1.82, 2.24) is 5.32 Å². The first-order valence-electron chi connectivity index (χ1n) is 14.8. The SMILES string of the molecule is C[C@@H]1C(=O)C(C#N)C[C@]2(C)C3=CC(=O)C4C5CC(C)(C)CC[C@]5(NC(=O)C(C)(F)F)CC[C@@]4(C)[C@]3(C)CC[C@@H]12. The minimum atomic E-state index is -3.48. The van der Waals surface area contributed by atoms with Gasteiger partial charge in [0.2, 0.25) is 0 Å². The molecule has 0 bridgehead atoms. The number of carbonyl (C=O) groups is 3. The van der Waals surface area contributed by atoms with E-state index in [2.05, 4.69) is 46.0 Å². The second-order valence-electron chi connectivity index (χ2n) is 15.3. The molecule has 0 radical (unpaired) electrons. The molecule has 1 amide bonds. The highest BCUT2D eigenvalue weighted by Crippen LogP contribution is 2.73. The van der Waals surface area contributed by atoms with Crippen LogP contribution in [0.1, 0.15) is 99.8 Å². The number of nitrogens with zero attached hydrogens (tertiary/aromatic N) is 1. The maximum Gasteiger partial charge on any atom is 0.321 e. The highest BCUT2D eigenvalue weighted by molar-refractivity contribution is 5.96. The summed E-state index contributed by atoms with van der Waals surface area (Å²) in [4.78, 5) is 40.0. The Morgan fingerprint density at radius 2 is 1.67 bits per heavy atom. The third-order valence-corrected chi connectivity index (χ3v) is 12.7. The summed E-state index contributed by atoms with van der Waals surface area (Å²) in [5.41, 5.74) is -0.990. The Hall–Kier alpha value is -2.10. The van der Waals surface area contributed by atoms with Gasteiger partial charge in [0.15, 0.2) is 11.6 Å². The molecular formula is C32H44F2N2O3. The average Bonchev–Trinajstić information content (AvgIpc) is 2.83. The van der Waals surface area contributed by atoms with Crippen molar-refractivity contribution >= 4 is 17.5 Å². The number of Topliss-reactive ketones (excluding diaryl/α,β-unsaturated/α-hetero) is 1. The highest BCUT2D eigenvalue weighted by Gasteiger charge is 2.70. The molecule has 5 nitrogen and oxygen atoms in total. The maximum absolute atomic E-state index is 14.4. The number of rotatable bonds is 2. The number of hydrogen-bond acceptors (Lipinski definition) is 4. The monoisotopic (exact) mass is 542 g/mol. The summed E-state index contributed by atoms with van der Waals surface area (Å²) >= 11 is 0. The van der Waals surface area contributed by atoms with Crippen LogP contribution in [0.5, 0.6) is 0 Å². The Morgan fingerprint density at radius 1 is 1.03 bits per heavy atom. The molecular weight excluding hydrogens is 498 g/mol. The van der Waals surface area contributed by atoms with Gasteiger partial charge >= 0.3 is 5.92 Å². The smallest absolute Gasteiger partial charge is 0.321 e. The molecule has 39 heavy (non-hydrogen) atoms. The third-order valence-electron chi connectivity index (χ3n) is 12.7. The standard InChI is InChI=1S/C32H44F2N2O3/c1-18-20-8-9-29(5)23(28(20,4)15-19(17-35)25(18)38)14-22(37)24-21-16-27(2,3)10-12-32(21,13-11-30(24,29)6)36-26(39)31(7,33)34/h14,18-21,24H,8-13,15-16H2,1-7H3,(H,36,39)/t18-,19?,20-,21?,24?,28-,29+,30+,32-/m0/s1. The Kier molecular flexibility index (Phi) is 6.17. The zero-order valence-electron chi connectivity index (χ0n) is 24.5. The Morgan fingerprint density at radius 3 is 2.28 bits per heavy atom. The van der Waals surface area contributed by atoms with Gasteiger partial charge in [-0.05, 0) is 90.9 Å². The van der Waals surface area contributed by atoms with Crippen molar-refractivity contribution in [2.45, 2.75) is 111 Å². The van der Waals surface area contributed by atoms with Crippen molar-refractivity contribution in [3.8, 4) is 6.07 Å². The van der Waals surface area contributed by atoms with Gasteiger partial charge in [-0.2, -0.15) is 14.0 Å². The van der Waals surface area contributed by atoms with Gasteiger partial charge in [0.25, 0.3) is 5.91 Å². The Balaban J connectivity index is 1.62. The highest BCUT2D eigenvalue weighted by atomic mass is 19.3. The largest absolute Gasteiger partial charge is 0.345 e. The number of hydrogen-bond donors (Lipinski definition) is 1. The molecule has 3 unspecified atom stereocenters. The van der Waals surface area contributed by atoms with Gasteiger partial charge in [-0.3, -0.25) is 14.4 Å². The molecule has 5 aliphatic carbocycles. The molecule has 214 valence electrons. The van der Waals surface area contributed by atoms with E-state index in [1.165, 1.54) is 0 Å². The number of carbonyl (C=O) groups excluding carboxylic acids is 3. The van der Waals surface area contributed by atoms with Crippen LogP contribution in [0.25, 0.3) is 0 Å². The van der Waals surface area contributed by atoms with Crippen molar-refractivity contribution < 1.29 is 23.2 Å². The lowest BCUT2D eigenvalue weighted by Crippen LogP contribution is -2.70. The van der Waals surface area contributed by atoms with E-state index in [0.29, 0.717) is 39.0 Å². The average molecular weight is 543 g/mol. The fourth-order valence-corrected chi connectivity index (χ4v) is 10.2. The van der Waals surface area contributed by atoms with Gasteiger partial charge in [0, 0.05) is 24.3 Å². The van der Waals surface area contributed by atoms with Crippen molar-refractivity contribution in [3.05, 3.63) is 11.6 Å². The van der Waals surface area contributed by atoms with E-state index in [1.54, 1.807) is 0 Å². The van der Waals surface area contributed by atoms with E-state index >= 15 is 0 Å². The first kappa shape index (κ1) is 28.4. The number of ketones is 2. The van der Waals surface area contributed by atoms with Crippen LogP contribution < -0.4 is 5.32 Å². The fourth-order valence-electron chi connectivity index (χ4n) is 10.2. The topological polar surface area (TPSA) is 87.0 Å². The molecule has 4 fully saturated rings. The second-order valence-corrected chi connectivity index (χ2v) is 15.3. The van der Waals surface area contributed by atoms with Crippen LogP contribution in [0.15, 0.2) is 11.6 Å². The van der Waals surface area contributed by atoms with Crippen molar-refractivity contribution in [2.75, 3.05) is 0 Å². The number of allylic oxidation sites excluding steroid dienone is 2. The zero-order valence-corrected chi connectivity index (χ0v) is 24.5. The molecule has 0 heterocycles. The normalized spacial score (nSPS) is 47.0. The van der Waals surface area contributed by atoms with Crippen LogP contribution >= 0.6 is 0 Å². The van der Waals surface area contributed by atoms with E-state index in [9.17, 15) is 28.4 Å². The molecule has 0 aromatic heterocycles. The summed E-state index contributed by atoms with van der Waals surface area (Å²) in [6.07, 6.45) is 7.27. The van der Waals surface area contributed by atoms with Crippen LogP contribution in [0, 0.1) is 62.6 Å². The lowest BCUT2D eigenvalue weighted by molar-refractivity contribution is -0.170. The van der Waals surface area contributed by atoms with Gasteiger partial charge < -0.3 is 5.32 Å². The van der Waals surface area contributed by atoms with Gasteiger partial charge in [0.1, 0.15) is 5.92 Å². The Bertz CT molecular complexity index is 1200. The summed E-state index contributed by atoms with van der Waals surface area (Å²) in [6.45, 7) is 13.6. The molecule has 0 aliphatic heterocycles. The second kappa shape index (κ2) is 8.46. The lowest BCUT2D eigenvalue weighted by atomic mass is 9.35. The van der Waals surface area contributed by atoms with E-state index in [1.807, 2.05) is 13.0 Å². The maximum atomic E-state index is 14.4. The van der Waals surface area contributed by atoms with Gasteiger partial charge in [0.05, 0.1) is 6.07 Å². The van der Waals surface area contributed by atoms with Crippen molar-refractivity contribution in [2.24, 2.45) is 51.2 Å². The molecule has 4 saturated carbocycles. The Labute approximate surface area is 231 Å². The number of alkyl halides is 2. The van der Waals surface area contributed by atoms with Crippen molar-refractivity contribution in [1.29, 1.82) is 5.26 Å². The fraction of sp³-hybridized carbons (Fsp3) is 0.812. The summed E-state index contributed by atoms with van der Waals surface area (Å²) in [5, 5.41) is 12.6. The van der Waals surface area contributed by atoms with E-state index in [0.717, 1.165) is 24.8 Å². The van der Waals surface area contributed by atoms with Gasteiger partial charge in [-0.1, -0.05) is 47.1 Å². The number of halogens is 2. The van der Waals surface area contributed by atoms with E-state index < -0.39 is 34.1 Å². The summed E-state index contributed by atoms with van der Waals surface area (Å²) in [5.74, 6) is -6.14. The first-order valence-corrected chi connectivity index (χ1v) is 14.8. The van der Waals surface area contributed by atoms with Crippen LogP contribution in [-0.2, 0) is 14.4 Å². The molecule has 9 atom stereocenters. The molecule has 0 saturated heterocycles. The summed E-state index contributed by atoms with van der Waals surface area (Å²) < 4.78 is 28.3. The molecule has 5 rings (SSSR count). The molecule has 0 spiro atoms. The molecule has 5 aliphatic rings. The van der Waals surface area contributed by atoms with Crippen molar-refractivity contribution in [3.63, 3.8) is 0 Å². The predicted molar refractivity (Wildman–Crippen MR) is 143 cm³/mol. The molecule has 0 aromatic carbocycles. The van der Waals surface area contributed by atoms with Crippen LogP contribution in [0.4, 0.5) is 8.78 Å². The first-order chi connectivity index (χ1) is 17.9. The quantitative estimate of drug-likeness (QED) is 0.436. The van der Waals surface area contributed by atoms with Gasteiger partial charge in [-0.15, -0.1) is 0 Å². The summed E-state index contributed by atoms with van der Waals surface area (Å²) in [7, 11) is 0. The number of amides is 1. The lowest BCUT2D eigenvalue weighted by Gasteiger charge is -2.69. The number of fused-ring (bicyclic) bond motifs is 7. The van der Waals surface area contributed by atoms with E-state index in [-0.39, 0.29) is 46.1 Å². The zero-order chi connectivity index (χ0) is 29.0. The van der Waals surface area contributed by atoms with Crippen LogP contribution in [0.3, 0.4) is 0 Å². The van der Waals surface area contributed by atoms with E-state index in [4.69, 9.17) is 0 Å². The molecule has 1 N–H and O–H groups in total. The molecule has 7 heteroatoms.